The average molecular weight is 286 g/mol. The molecule has 3 unspecified atom stereocenters. The van der Waals surface area contributed by atoms with Gasteiger partial charge in [-0.3, -0.25) is 4.90 Å². The van der Waals surface area contributed by atoms with Gasteiger partial charge in [-0.1, -0.05) is 6.07 Å². The third kappa shape index (κ3) is 2.27. The molecule has 2 fully saturated rings. The summed E-state index contributed by atoms with van der Waals surface area (Å²) in [6.07, 6.45) is 8.89. The molecule has 3 aliphatic rings. The van der Waals surface area contributed by atoms with Crippen molar-refractivity contribution in [3.63, 3.8) is 0 Å². The first-order valence-electron chi connectivity index (χ1n) is 8.46. The van der Waals surface area contributed by atoms with Gasteiger partial charge in [0.25, 0.3) is 0 Å². The first-order chi connectivity index (χ1) is 10.3. The summed E-state index contributed by atoms with van der Waals surface area (Å²) in [5.41, 5.74) is 9.29. The predicted octanol–water partition coefficient (Wildman–Crippen LogP) is 3.03. The fraction of sp³-hybridized carbons (Fsp3) is 0.667. The van der Waals surface area contributed by atoms with Crippen molar-refractivity contribution in [1.82, 2.24) is 4.90 Å². The molecule has 3 nitrogen and oxygen atoms in total. The normalized spacial score (nSPS) is 35.5. The van der Waals surface area contributed by atoms with E-state index in [9.17, 15) is 0 Å². The van der Waals surface area contributed by atoms with E-state index in [1.165, 1.54) is 50.5 Å². The van der Waals surface area contributed by atoms with Crippen LogP contribution in [0.2, 0.25) is 0 Å². The number of nitrogens with two attached hydrogens (primary N) is 1. The van der Waals surface area contributed by atoms with E-state index >= 15 is 0 Å². The van der Waals surface area contributed by atoms with Crippen LogP contribution in [0.4, 0.5) is 0 Å². The summed E-state index contributed by atoms with van der Waals surface area (Å²) in [5, 5.41) is 0. The molecule has 0 radical (unpaired) electrons. The number of piperidine rings is 1. The lowest BCUT2D eigenvalue weighted by Gasteiger charge is -2.45. The van der Waals surface area contributed by atoms with Crippen molar-refractivity contribution in [3.05, 3.63) is 29.3 Å². The molecule has 0 aromatic heterocycles. The minimum atomic E-state index is 0.428. The summed E-state index contributed by atoms with van der Waals surface area (Å²) in [7, 11) is 1.76. The Hall–Kier alpha value is -1.06. The molecule has 2 saturated heterocycles. The third-order valence-electron chi connectivity index (χ3n) is 5.82. The van der Waals surface area contributed by atoms with Crippen LogP contribution in [0.5, 0.6) is 5.75 Å². The predicted molar refractivity (Wildman–Crippen MR) is 84.5 cm³/mol. The van der Waals surface area contributed by atoms with Crippen molar-refractivity contribution in [3.8, 4) is 5.75 Å². The van der Waals surface area contributed by atoms with Gasteiger partial charge in [0, 0.05) is 24.2 Å². The highest BCUT2D eigenvalue weighted by Gasteiger charge is 2.44. The zero-order valence-corrected chi connectivity index (χ0v) is 12.9. The van der Waals surface area contributed by atoms with Crippen LogP contribution >= 0.6 is 0 Å². The van der Waals surface area contributed by atoms with Gasteiger partial charge in [-0.25, -0.2) is 0 Å². The van der Waals surface area contributed by atoms with Crippen molar-refractivity contribution in [1.29, 1.82) is 0 Å². The lowest BCUT2D eigenvalue weighted by Crippen LogP contribution is -2.49. The molecule has 2 bridgehead atoms. The Morgan fingerprint density at radius 2 is 1.90 bits per heavy atom. The first kappa shape index (κ1) is 13.6. The molecular weight excluding hydrogens is 260 g/mol. The molecule has 2 N–H and O–H groups in total. The van der Waals surface area contributed by atoms with Gasteiger partial charge < -0.3 is 10.5 Å². The Labute approximate surface area is 127 Å². The zero-order valence-electron chi connectivity index (χ0n) is 12.9. The van der Waals surface area contributed by atoms with Crippen molar-refractivity contribution in [2.45, 2.75) is 69.1 Å². The largest absolute Gasteiger partial charge is 0.497 e. The van der Waals surface area contributed by atoms with Gasteiger partial charge in [0.05, 0.1) is 7.11 Å². The van der Waals surface area contributed by atoms with E-state index in [4.69, 9.17) is 10.5 Å². The van der Waals surface area contributed by atoms with Gasteiger partial charge >= 0.3 is 0 Å². The number of methoxy groups -OCH3 is 1. The number of rotatable bonds is 2. The van der Waals surface area contributed by atoms with Crippen molar-refractivity contribution < 1.29 is 4.74 Å². The van der Waals surface area contributed by atoms with Crippen molar-refractivity contribution >= 4 is 0 Å². The molecule has 2 heterocycles. The number of fused-ring (bicyclic) bond motifs is 3. The Bertz CT molecular complexity index is 516. The van der Waals surface area contributed by atoms with Gasteiger partial charge in [0.1, 0.15) is 5.75 Å². The number of ether oxygens (including phenoxy) is 1. The van der Waals surface area contributed by atoms with E-state index in [1.807, 2.05) is 0 Å². The highest BCUT2D eigenvalue weighted by Crippen LogP contribution is 2.45. The maximum Gasteiger partial charge on any atom is 0.119 e. The van der Waals surface area contributed by atoms with Crippen LogP contribution in [0, 0.1) is 0 Å². The van der Waals surface area contributed by atoms with Crippen LogP contribution in [0.1, 0.15) is 55.7 Å². The maximum absolute atomic E-state index is 6.24. The molecule has 0 spiro atoms. The summed E-state index contributed by atoms with van der Waals surface area (Å²) in [4.78, 5) is 2.83. The molecule has 1 aromatic carbocycles. The Morgan fingerprint density at radius 1 is 1.14 bits per heavy atom. The molecule has 1 aromatic rings. The fourth-order valence-corrected chi connectivity index (χ4v) is 4.97. The molecule has 1 aliphatic carbocycles. The van der Waals surface area contributed by atoms with Crippen LogP contribution in [-0.2, 0) is 6.42 Å². The summed E-state index contributed by atoms with van der Waals surface area (Å²) >= 11 is 0. The molecule has 3 heteroatoms. The van der Waals surface area contributed by atoms with Gasteiger partial charge in [-0.2, -0.15) is 0 Å². The molecule has 114 valence electrons. The lowest BCUT2D eigenvalue weighted by molar-refractivity contribution is 0.0678. The maximum atomic E-state index is 6.24. The quantitative estimate of drug-likeness (QED) is 0.908. The van der Waals surface area contributed by atoms with E-state index in [0.29, 0.717) is 12.1 Å². The smallest absolute Gasteiger partial charge is 0.119 e. The number of nitrogens with zero attached hydrogens (tertiary/aromatic N) is 1. The lowest BCUT2D eigenvalue weighted by atomic mass is 9.84. The highest BCUT2D eigenvalue weighted by molar-refractivity contribution is 5.39. The highest BCUT2D eigenvalue weighted by atomic mass is 16.5. The van der Waals surface area contributed by atoms with E-state index in [0.717, 1.165) is 17.8 Å². The van der Waals surface area contributed by atoms with E-state index in [-0.39, 0.29) is 0 Å². The first-order valence-corrected chi connectivity index (χ1v) is 8.46. The number of aryl methyl sites for hydroxylation is 1. The van der Waals surface area contributed by atoms with Crippen LogP contribution in [0.3, 0.4) is 0 Å². The minimum absolute atomic E-state index is 0.428. The van der Waals surface area contributed by atoms with Crippen LogP contribution in [0.15, 0.2) is 18.2 Å². The summed E-state index contributed by atoms with van der Waals surface area (Å²) in [5.74, 6) is 0.998. The Kier molecular flexibility index (Phi) is 3.43. The second-order valence-electron chi connectivity index (χ2n) is 7.04. The van der Waals surface area contributed by atoms with E-state index < -0.39 is 0 Å². The number of benzene rings is 1. The Balaban J connectivity index is 1.66. The molecule has 3 atom stereocenters. The summed E-state index contributed by atoms with van der Waals surface area (Å²) in [6.45, 7) is 0. The molecule has 4 rings (SSSR count). The SMILES string of the molecule is COc1ccc2c(c1)CCCC2N1C2CCC1CC(N)C2. The van der Waals surface area contributed by atoms with E-state index in [1.54, 1.807) is 12.7 Å². The fourth-order valence-electron chi connectivity index (χ4n) is 4.97. The van der Waals surface area contributed by atoms with Crippen LogP contribution in [-0.4, -0.2) is 30.1 Å². The second-order valence-corrected chi connectivity index (χ2v) is 7.04. The van der Waals surface area contributed by atoms with Gasteiger partial charge in [-0.15, -0.1) is 0 Å². The molecule has 0 amide bonds. The van der Waals surface area contributed by atoms with Gasteiger partial charge in [0.15, 0.2) is 0 Å². The summed E-state index contributed by atoms with van der Waals surface area (Å²) in [6, 6.07) is 9.18. The number of hydrogen-bond donors (Lipinski definition) is 1. The standard InChI is InChI=1S/C18H26N2O/c1-21-16-7-8-17-12(9-16)3-2-4-18(17)20-14-5-6-15(20)11-13(19)10-14/h7-9,13-15,18H,2-6,10-11,19H2,1H3. The minimum Gasteiger partial charge on any atom is -0.497 e. The summed E-state index contributed by atoms with van der Waals surface area (Å²) < 4.78 is 5.40. The molecule has 0 saturated carbocycles. The van der Waals surface area contributed by atoms with Crippen molar-refractivity contribution in [2.24, 2.45) is 5.73 Å². The van der Waals surface area contributed by atoms with Crippen molar-refractivity contribution in [2.75, 3.05) is 7.11 Å². The third-order valence-corrected chi connectivity index (χ3v) is 5.82. The van der Waals surface area contributed by atoms with Crippen LogP contribution in [0.25, 0.3) is 0 Å². The van der Waals surface area contributed by atoms with Crippen LogP contribution < -0.4 is 10.5 Å². The van der Waals surface area contributed by atoms with E-state index in [2.05, 4.69) is 23.1 Å². The average Bonchev–Trinajstić information content (AvgIpc) is 2.77. The topological polar surface area (TPSA) is 38.5 Å². The number of hydrogen-bond acceptors (Lipinski definition) is 3. The Morgan fingerprint density at radius 3 is 2.62 bits per heavy atom. The molecule has 2 aliphatic heterocycles. The zero-order chi connectivity index (χ0) is 14.4. The molecular formula is C18H26N2O. The van der Waals surface area contributed by atoms with Gasteiger partial charge in [0.2, 0.25) is 0 Å². The monoisotopic (exact) mass is 286 g/mol. The van der Waals surface area contributed by atoms with Gasteiger partial charge in [-0.05, 0) is 68.2 Å². The molecule has 21 heavy (non-hydrogen) atoms. The second kappa shape index (κ2) is 5.29.